The Bertz CT molecular complexity index is 514. The quantitative estimate of drug-likeness (QED) is 0.868. The summed E-state index contributed by atoms with van der Waals surface area (Å²) in [6.45, 7) is 5.43. The number of rotatable bonds is 5. The first-order valence-electron chi connectivity index (χ1n) is 7.37. The summed E-state index contributed by atoms with van der Waals surface area (Å²) in [5.41, 5.74) is 0.509. The van der Waals surface area contributed by atoms with Crippen LogP contribution in [0, 0.1) is 5.92 Å². The smallest absolute Gasteiger partial charge is 0.252 e. The molecule has 5 heteroatoms. The molecule has 1 heterocycles. The van der Waals surface area contributed by atoms with Crippen LogP contribution in [-0.4, -0.2) is 31.0 Å². The van der Waals surface area contributed by atoms with E-state index < -0.39 is 6.04 Å². The Labute approximate surface area is 125 Å². The summed E-state index contributed by atoms with van der Waals surface area (Å²) in [7, 11) is 0. The highest BCUT2D eigenvalue weighted by atomic mass is 16.5. The largest absolute Gasteiger partial charge is 0.493 e. The van der Waals surface area contributed by atoms with Crippen LogP contribution in [0.2, 0.25) is 0 Å². The van der Waals surface area contributed by atoms with Crippen LogP contribution < -0.4 is 15.4 Å². The molecule has 21 heavy (non-hydrogen) atoms. The summed E-state index contributed by atoms with van der Waals surface area (Å²) in [5, 5.41) is 5.53. The van der Waals surface area contributed by atoms with Crippen LogP contribution in [-0.2, 0) is 4.79 Å². The van der Waals surface area contributed by atoms with Gasteiger partial charge in [0, 0.05) is 12.1 Å². The van der Waals surface area contributed by atoms with Gasteiger partial charge in [0.2, 0.25) is 5.91 Å². The van der Waals surface area contributed by atoms with Crippen molar-refractivity contribution in [3.05, 3.63) is 29.8 Å². The number of carbonyl (C=O) groups is 2. The molecule has 1 aromatic rings. The predicted molar refractivity (Wildman–Crippen MR) is 80.3 cm³/mol. The van der Waals surface area contributed by atoms with Gasteiger partial charge in [-0.2, -0.15) is 0 Å². The minimum absolute atomic E-state index is 0.109. The molecule has 1 aromatic carbocycles. The fourth-order valence-electron chi connectivity index (χ4n) is 2.14. The number of carbonyl (C=O) groups excluding carboxylic acids is 2. The molecule has 0 unspecified atom stereocenters. The van der Waals surface area contributed by atoms with E-state index in [2.05, 4.69) is 24.5 Å². The van der Waals surface area contributed by atoms with E-state index in [0.717, 1.165) is 6.42 Å². The van der Waals surface area contributed by atoms with E-state index in [4.69, 9.17) is 4.74 Å². The van der Waals surface area contributed by atoms with Crippen molar-refractivity contribution in [2.45, 2.75) is 32.7 Å². The maximum atomic E-state index is 12.2. The van der Waals surface area contributed by atoms with E-state index in [9.17, 15) is 9.59 Å². The molecule has 2 amide bonds. The molecule has 0 aromatic heterocycles. The number of benzene rings is 1. The normalized spacial score (nSPS) is 18.2. The molecule has 0 bridgehead atoms. The lowest BCUT2D eigenvalue weighted by Crippen LogP contribution is -2.50. The molecule has 2 N–H and O–H groups in total. The molecule has 1 saturated heterocycles. The van der Waals surface area contributed by atoms with Gasteiger partial charge in [0.05, 0.1) is 6.61 Å². The van der Waals surface area contributed by atoms with Crippen molar-refractivity contribution in [2.24, 2.45) is 5.92 Å². The number of nitrogens with one attached hydrogen (secondary N) is 2. The summed E-state index contributed by atoms with van der Waals surface area (Å²) >= 11 is 0. The van der Waals surface area contributed by atoms with Crippen LogP contribution >= 0.6 is 0 Å². The number of hydrogen-bond acceptors (Lipinski definition) is 3. The first kappa shape index (κ1) is 15.4. The predicted octanol–water partition coefficient (Wildman–Crippen LogP) is 1.73. The average Bonchev–Trinajstić information content (AvgIpc) is 2.48. The van der Waals surface area contributed by atoms with Crippen molar-refractivity contribution in [3.63, 3.8) is 0 Å². The summed E-state index contributed by atoms with van der Waals surface area (Å²) in [5.74, 6) is 0.742. The van der Waals surface area contributed by atoms with Crippen LogP contribution in [0.1, 0.15) is 37.0 Å². The van der Waals surface area contributed by atoms with E-state index in [1.54, 1.807) is 18.2 Å². The topological polar surface area (TPSA) is 67.4 Å². The van der Waals surface area contributed by atoms with Gasteiger partial charge >= 0.3 is 0 Å². The number of piperidine rings is 1. The van der Waals surface area contributed by atoms with Crippen molar-refractivity contribution < 1.29 is 14.3 Å². The highest BCUT2D eigenvalue weighted by Gasteiger charge is 2.24. The van der Waals surface area contributed by atoms with Crippen molar-refractivity contribution >= 4 is 11.8 Å². The molecule has 2 rings (SSSR count). The SMILES string of the molecule is CC(C)COc1cccc(C(=O)N[C@H]2CCCNC2=O)c1. The van der Waals surface area contributed by atoms with Crippen molar-refractivity contribution in [1.29, 1.82) is 0 Å². The Morgan fingerprint density at radius 2 is 2.29 bits per heavy atom. The third kappa shape index (κ3) is 4.48. The Kier molecular flexibility index (Phi) is 5.20. The van der Waals surface area contributed by atoms with E-state index in [1.165, 1.54) is 0 Å². The van der Waals surface area contributed by atoms with E-state index in [1.807, 2.05) is 6.07 Å². The molecular weight excluding hydrogens is 268 g/mol. The molecular formula is C16H22N2O3. The van der Waals surface area contributed by atoms with Gasteiger partial charge in [-0.25, -0.2) is 0 Å². The zero-order chi connectivity index (χ0) is 15.2. The maximum absolute atomic E-state index is 12.2. The third-order valence-corrected chi connectivity index (χ3v) is 3.27. The fraction of sp³-hybridized carbons (Fsp3) is 0.500. The maximum Gasteiger partial charge on any atom is 0.252 e. The summed E-state index contributed by atoms with van der Waals surface area (Å²) in [4.78, 5) is 23.9. The lowest BCUT2D eigenvalue weighted by Gasteiger charge is -2.22. The molecule has 114 valence electrons. The first-order chi connectivity index (χ1) is 10.1. The molecule has 5 nitrogen and oxygen atoms in total. The van der Waals surface area contributed by atoms with Gasteiger partial charge in [-0.3, -0.25) is 9.59 Å². The zero-order valence-electron chi connectivity index (χ0n) is 12.5. The first-order valence-corrected chi connectivity index (χ1v) is 7.37. The summed E-state index contributed by atoms with van der Waals surface area (Å²) in [6, 6.07) is 6.60. The van der Waals surface area contributed by atoms with Crippen LogP contribution in [0.4, 0.5) is 0 Å². The van der Waals surface area contributed by atoms with E-state index in [0.29, 0.717) is 36.8 Å². The summed E-state index contributed by atoms with van der Waals surface area (Å²) in [6.07, 6.45) is 1.56. The van der Waals surface area contributed by atoms with Gasteiger partial charge in [-0.05, 0) is 37.0 Å². The molecule has 1 fully saturated rings. The van der Waals surface area contributed by atoms with Crippen molar-refractivity contribution in [2.75, 3.05) is 13.2 Å². The Morgan fingerprint density at radius 3 is 3.00 bits per heavy atom. The average molecular weight is 290 g/mol. The van der Waals surface area contributed by atoms with Crippen molar-refractivity contribution in [3.8, 4) is 5.75 Å². The highest BCUT2D eigenvalue weighted by Crippen LogP contribution is 2.15. The number of ether oxygens (including phenoxy) is 1. The number of amides is 2. The lowest BCUT2D eigenvalue weighted by atomic mass is 10.1. The standard InChI is InChI=1S/C16H22N2O3/c1-11(2)10-21-13-6-3-5-12(9-13)15(19)18-14-7-4-8-17-16(14)20/h3,5-6,9,11,14H,4,7-8,10H2,1-2H3,(H,17,20)(H,18,19)/t14-/m0/s1. The molecule has 0 saturated carbocycles. The minimum Gasteiger partial charge on any atom is -0.493 e. The third-order valence-electron chi connectivity index (χ3n) is 3.27. The Morgan fingerprint density at radius 1 is 1.48 bits per heavy atom. The van der Waals surface area contributed by atoms with Gasteiger partial charge in [0.25, 0.3) is 5.91 Å². The van der Waals surface area contributed by atoms with Gasteiger partial charge < -0.3 is 15.4 Å². The second-order valence-electron chi connectivity index (χ2n) is 5.69. The Hall–Kier alpha value is -2.04. The monoisotopic (exact) mass is 290 g/mol. The molecule has 0 radical (unpaired) electrons. The van der Waals surface area contributed by atoms with Gasteiger partial charge in [-0.15, -0.1) is 0 Å². The highest BCUT2D eigenvalue weighted by molar-refractivity contribution is 5.97. The van der Waals surface area contributed by atoms with Crippen LogP contribution in [0.25, 0.3) is 0 Å². The zero-order valence-corrected chi connectivity index (χ0v) is 12.5. The summed E-state index contributed by atoms with van der Waals surface area (Å²) < 4.78 is 5.61. The van der Waals surface area contributed by atoms with Gasteiger partial charge in [0.15, 0.2) is 0 Å². The van der Waals surface area contributed by atoms with Crippen LogP contribution in [0.5, 0.6) is 5.75 Å². The fourth-order valence-corrected chi connectivity index (χ4v) is 2.14. The van der Waals surface area contributed by atoms with Crippen LogP contribution in [0.15, 0.2) is 24.3 Å². The van der Waals surface area contributed by atoms with Crippen LogP contribution in [0.3, 0.4) is 0 Å². The Balaban J connectivity index is 1.98. The van der Waals surface area contributed by atoms with E-state index in [-0.39, 0.29) is 11.8 Å². The van der Waals surface area contributed by atoms with Crippen molar-refractivity contribution in [1.82, 2.24) is 10.6 Å². The molecule has 0 aliphatic carbocycles. The number of hydrogen-bond donors (Lipinski definition) is 2. The molecule has 1 aliphatic heterocycles. The molecule has 0 spiro atoms. The van der Waals surface area contributed by atoms with E-state index >= 15 is 0 Å². The van der Waals surface area contributed by atoms with Gasteiger partial charge in [-0.1, -0.05) is 19.9 Å². The second-order valence-corrected chi connectivity index (χ2v) is 5.69. The molecule has 1 aliphatic rings. The van der Waals surface area contributed by atoms with Gasteiger partial charge in [0.1, 0.15) is 11.8 Å². The minimum atomic E-state index is -0.438. The second kappa shape index (κ2) is 7.11. The molecule has 1 atom stereocenters. The lowest BCUT2D eigenvalue weighted by molar-refractivity contribution is -0.124.